The average Bonchev–Trinajstić information content (AvgIpc) is 2.97. The minimum Gasteiger partial charge on any atom is -0.327 e. The maximum atomic E-state index is 9.57. The van der Waals surface area contributed by atoms with Crippen LogP contribution in [0.2, 0.25) is 0 Å². The van der Waals surface area contributed by atoms with E-state index in [0.717, 1.165) is 17.1 Å². The van der Waals surface area contributed by atoms with Crippen LogP contribution in [0.15, 0.2) is 35.5 Å². The quantitative estimate of drug-likeness (QED) is 0.920. The minimum absolute atomic E-state index is 0.197. The predicted octanol–water partition coefficient (Wildman–Crippen LogP) is 3.09. The topological polar surface area (TPSA) is 90.3 Å². The standard InChI is InChI=1S/C17H16N6/c1-10(2)16-21-17-20-11(3)14(9-19)15(23(17)22-16)13-6-4-12(8-18)5-7-13/h4-7,10,15H,1-3H3,(H,20,21,22). The molecule has 1 aromatic carbocycles. The van der Waals surface area contributed by atoms with Crippen molar-refractivity contribution < 1.29 is 0 Å². The van der Waals surface area contributed by atoms with E-state index in [1.165, 1.54) is 0 Å². The molecule has 6 heteroatoms. The summed E-state index contributed by atoms with van der Waals surface area (Å²) < 4.78 is 1.75. The van der Waals surface area contributed by atoms with Gasteiger partial charge < -0.3 is 5.32 Å². The van der Waals surface area contributed by atoms with Crippen molar-refractivity contribution >= 4 is 5.95 Å². The van der Waals surface area contributed by atoms with Crippen molar-refractivity contribution in [3.63, 3.8) is 0 Å². The van der Waals surface area contributed by atoms with Crippen LogP contribution in [0.4, 0.5) is 5.95 Å². The third-order valence-electron chi connectivity index (χ3n) is 3.86. The maximum Gasteiger partial charge on any atom is 0.226 e. The van der Waals surface area contributed by atoms with Crippen molar-refractivity contribution in [1.29, 1.82) is 10.5 Å². The van der Waals surface area contributed by atoms with E-state index in [0.29, 0.717) is 17.1 Å². The van der Waals surface area contributed by atoms with Crippen LogP contribution in [0.1, 0.15) is 49.7 Å². The second kappa shape index (κ2) is 5.58. The molecule has 1 unspecified atom stereocenters. The van der Waals surface area contributed by atoms with Gasteiger partial charge in [0, 0.05) is 11.6 Å². The number of nitriles is 2. The van der Waals surface area contributed by atoms with E-state index in [9.17, 15) is 5.26 Å². The van der Waals surface area contributed by atoms with E-state index in [1.54, 1.807) is 16.8 Å². The highest BCUT2D eigenvalue weighted by atomic mass is 15.4. The molecule has 1 N–H and O–H groups in total. The van der Waals surface area contributed by atoms with Crippen molar-refractivity contribution in [2.24, 2.45) is 0 Å². The number of anilines is 1. The third-order valence-corrected chi connectivity index (χ3v) is 3.86. The van der Waals surface area contributed by atoms with Gasteiger partial charge in [-0.15, -0.1) is 0 Å². The summed E-state index contributed by atoms with van der Waals surface area (Å²) >= 11 is 0. The zero-order chi connectivity index (χ0) is 16.6. The van der Waals surface area contributed by atoms with E-state index in [4.69, 9.17) is 5.26 Å². The molecule has 0 saturated heterocycles. The molecule has 1 aliphatic rings. The van der Waals surface area contributed by atoms with Gasteiger partial charge in [0.25, 0.3) is 0 Å². The van der Waals surface area contributed by atoms with Crippen LogP contribution < -0.4 is 5.32 Å². The van der Waals surface area contributed by atoms with Gasteiger partial charge in [0.2, 0.25) is 5.95 Å². The van der Waals surface area contributed by atoms with Crippen molar-refractivity contribution in [2.45, 2.75) is 32.7 Å². The molecule has 23 heavy (non-hydrogen) atoms. The zero-order valence-corrected chi connectivity index (χ0v) is 13.2. The molecular weight excluding hydrogens is 288 g/mol. The lowest BCUT2D eigenvalue weighted by Gasteiger charge is -2.25. The molecule has 1 aliphatic heterocycles. The Morgan fingerprint density at radius 1 is 1.17 bits per heavy atom. The number of fused-ring (bicyclic) bond motifs is 1. The van der Waals surface area contributed by atoms with E-state index in [-0.39, 0.29) is 12.0 Å². The fraction of sp³-hybridized carbons (Fsp3) is 0.294. The summed E-state index contributed by atoms with van der Waals surface area (Å²) in [5.41, 5.74) is 2.87. The summed E-state index contributed by atoms with van der Waals surface area (Å²) in [6, 6.07) is 11.3. The molecule has 0 bridgehead atoms. The number of allylic oxidation sites excluding steroid dienone is 2. The Morgan fingerprint density at radius 3 is 2.43 bits per heavy atom. The summed E-state index contributed by atoms with van der Waals surface area (Å²) in [6.45, 7) is 5.93. The highest BCUT2D eigenvalue weighted by molar-refractivity contribution is 5.52. The molecule has 0 aliphatic carbocycles. The molecule has 1 atom stereocenters. The van der Waals surface area contributed by atoms with Gasteiger partial charge in [-0.2, -0.15) is 20.6 Å². The van der Waals surface area contributed by atoms with Gasteiger partial charge in [0.15, 0.2) is 5.82 Å². The largest absolute Gasteiger partial charge is 0.327 e. The average molecular weight is 304 g/mol. The lowest BCUT2D eigenvalue weighted by atomic mass is 9.96. The SMILES string of the molecule is CC1=C(C#N)C(c2ccc(C#N)cc2)n2nc(C(C)C)nc2N1. The second-order valence-corrected chi connectivity index (χ2v) is 5.80. The summed E-state index contributed by atoms with van der Waals surface area (Å²) in [4.78, 5) is 4.52. The summed E-state index contributed by atoms with van der Waals surface area (Å²) in [6.07, 6.45) is 0. The summed E-state index contributed by atoms with van der Waals surface area (Å²) in [5.74, 6) is 1.57. The Balaban J connectivity index is 2.16. The van der Waals surface area contributed by atoms with Gasteiger partial charge in [-0.1, -0.05) is 26.0 Å². The molecule has 2 aromatic rings. The molecule has 3 rings (SSSR count). The van der Waals surface area contributed by atoms with Crippen molar-refractivity contribution in [3.05, 3.63) is 52.5 Å². The molecule has 0 spiro atoms. The van der Waals surface area contributed by atoms with Gasteiger partial charge in [-0.25, -0.2) is 4.68 Å². The number of hydrogen-bond donors (Lipinski definition) is 1. The molecule has 0 fully saturated rings. The van der Waals surface area contributed by atoms with Crippen LogP contribution in [0.3, 0.4) is 0 Å². The molecule has 114 valence electrons. The second-order valence-electron chi connectivity index (χ2n) is 5.80. The number of aromatic nitrogens is 3. The van der Waals surface area contributed by atoms with Crippen LogP contribution in [-0.2, 0) is 0 Å². The van der Waals surface area contributed by atoms with Gasteiger partial charge in [0.05, 0.1) is 23.3 Å². The first-order valence-electron chi connectivity index (χ1n) is 7.39. The lowest BCUT2D eigenvalue weighted by molar-refractivity contribution is 0.574. The van der Waals surface area contributed by atoms with E-state index >= 15 is 0 Å². The number of benzene rings is 1. The number of rotatable bonds is 2. The Morgan fingerprint density at radius 2 is 1.87 bits per heavy atom. The Hall–Kier alpha value is -3.12. The van der Waals surface area contributed by atoms with Gasteiger partial charge >= 0.3 is 0 Å². The van der Waals surface area contributed by atoms with Crippen LogP contribution in [-0.4, -0.2) is 14.8 Å². The van der Waals surface area contributed by atoms with Gasteiger partial charge in [-0.3, -0.25) is 0 Å². The van der Waals surface area contributed by atoms with Crippen molar-refractivity contribution in [3.8, 4) is 12.1 Å². The van der Waals surface area contributed by atoms with Crippen molar-refractivity contribution in [2.75, 3.05) is 5.32 Å². The first-order valence-corrected chi connectivity index (χ1v) is 7.39. The van der Waals surface area contributed by atoms with Gasteiger partial charge in [0.1, 0.15) is 6.04 Å². The fourth-order valence-corrected chi connectivity index (χ4v) is 2.60. The van der Waals surface area contributed by atoms with E-state index in [1.807, 2.05) is 32.9 Å². The van der Waals surface area contributed by atoms with Crippen molar-refractivity contribution in [1.82, 2.24) is 14.8 Å². The zero-order valence-electron chi connectivity index (χ0n) is 13.2. The molecule has 2 heterocycles. The van der Waals surface area contributed by atoms with Gasteiger partial charge in [-0.05, 0) is 24.6 Å². The first-order chi connectivity index (χ1) is 11.0. The molecule has 6 nitrogen and oxygen atoms in total. The number of nitrogens with zero attached hydrogens (tertiary/aromatic N) is 5. The predicted molar refractivity (Wildman–Crippen MR) is 85.3 cm³/mol. The minimum atomic E-state index is -0.330. The summed E-state index contributed by atoms with van der Waals surface area (Å²) in [7, 11) is 0. The van der Waals surface area contributed by atoms with Crippen LogP contribution in [0.25, 0.3) is 0 Å². The highest BCUT2D eigenvalue weighted by Crippen LogP contribution is 2.35. The lowest BCUT2D eigenvalue weighted by Crippen LogP contribution is -2.24. The Labute approximate surface area is 134 Å². The molecule has 1 aromatic heterocycles. The Kier molecular flexibility index (Phi) is 3.59. The normalized spacial score (nSPS) is 16.5. The fourth-order valence-electron chi connectivity index (χ4n) is 2.60. The number of nitrogens with one attached hydrogen (secondary N) is 1. The first kappa shape index (κ1) is 14.8. The van der Waals surface area contributed by atoms with Crippen LogP contribution in [0, 0.1) is 22.7 Å². The molecular formula is C17H16N6. The molecule has 0 saturated carbocycles. The third kappa shape index (κ3) is 2.45. The monoisotopic (exact) mass is 304 g/mol. The van der Waals surface area contributed by atoms with Crippen LogP contribution >= 0.6 is 0 Å². The van der Waals surface area contributed by atoms with Crippen LogP contribution in [0.5, 0.6) is 0 Å². The van der Waals surface area contributed by atoms with E-state index in [2.05, 4.69) is 27.5 Å². The Bertz CT molecular complexity index is 858. The molecule has 0 radical (unpaired) electrons. The van der Waals surface area contributed by atoms with E-state index < -0.39 is 0 Å². The summed E-state index contributed by atoms with van der Waals surface area (Å²) in [5, 5.41) is 26.3. The highest BCUT2D eigenvalue weighted by Gasteiger charge is 2.30. The number of hydrogen-bond acceptors (Lipinski definition) is 5. The smallest absolute Gasteiger partial charge is 0.226 e. The molecule has 0 amide bonds. The maximum absolute atomic E-state index is 9.57.